The number of hydrogen-bond donors (Lipinski definition) is 2. The molecule has 4 aliphatic rings. The Labute approximate surface area is 357 Å². The van der Waals surface area contributed by atoms with Crippen LogP contribution in [0.3, 0.4) is 0 Å². The van der Waals surface area contributed by atoms with Crippen LogP contribution in [0.5, 0.6) is 0 Å². The predicted molar refractivity (Wildman–Crippen MR) is 241 cm³/mol. The van der Waals surface area contributed by atoms with Crippen LogP contribution in [-0.4, -0.2) is 116 Å². The summed E-state index contributed by atoms with van der Waals surface area (Å²) >= 11 is 0. The van der Waals surface area contributed by atoms with E-state index in [0.717, 1.165) is 111 Å². The second-order valence-corrected chi connectivity index (χ2v) is 19.6. The Morgan fingerprint density at radius 3 is 1.72 bits per heavy atom. The first kappa shape index (κ1) is 41.0. The van der Waals surface area contributed by atoms with Gasteiger partial charge in [-0.05, 0) is 91.2 Å². The summed E-state index contributed by atoms with van der Waals surface area (Å²) < 4.78 is 62.3. The van der Waals surface area contributed by atoms with E-state index < -0.39 is 20.0 Å². The summed E-state index contributed by atoms with van der Waals surface area (Å²) in [5.41, 5.74) is 6.15. The lowest BCUT2D eigenvalue weighted by molar-refractivity contribution is -0.116. The van der Waals surface area contributed by atoms with Crippen molar-refractivity contribution >= 4 is 70.5 Å². The molecule has 3 fully saturated rings. The lowest BCUT2D eigenvalue weighted by Crippen LogP contribution is -2.43. The van der Waals surface area contributed by atoms with E-state index in [-0.39, 0.29) is 16.9 Å². The van der Waals surface area contributed by atoms with Crippen LogP contribution in [0, 0.1) is 0 Å². The monoisotopic (exact) mass is 864 g/mol. The highest BCUT2D eigenvalue weighted by Gasteiger charge is 2.28. The number of fused-ring (bicyclic) bond motifs is 3. The summed E-state index contributed by atoms with van der Waals surface area (Å²) in [6.45, 7) is 11.1. The molecule has 0 saturated carbocycles. The van der Waals surface area contributed by atoms with Gasteiger partial charge in [0.1, 0.15) is 0 Å². The number of anilines is 4. The van der Waals surface area contributed by atoms with Crippen LogP contribution >= 0.6 is 0 Å². The van der Waals surface area contributed by atoms with Gasteiger partial charge in [-0.25, -0.2) is 24.8 Å². The van der Waals surface area contributed by atoms with Gasteiger partial charge in [-0.15, -0.1) is 0 Å². The van der Waals surface area contributed by atoms with Gasteiger partial charge < -0.3 is 35.0 Å². The van der Waals surface area contributed by atoms with E-state index in [9.17, 15) is 21.6 Å². The van der Waals surface area contributed by atoms with Gasteiger partial charge in [0.15, 0.2) is 0 Å². The Balaban J connectivity index is 0.000000156. The Morgan fingerprint density at radius 2 is 1.18 bits per heavy atom. The zero-order chi connectivity index (χ0) is 42.3. The van der Waals surface area contributed by atoms with Gasteiger partial charge in [0.2, 0.25) is 5.91 Å². The molecular weight excluding hydrogens is 813 g/mol. The van der Waals surface area contributed by atoms with Crippen LogP contribution in [0.2, 0.25) is 0 Å². The Hall–Kier alpha value is -5.39. The molecular formula is C45H52N8O6S2. The highest BCUT2D eigenvalue weighted by Crippen LogP contribution is 2.35. The molecule has 2 N–H and O–H groups in total. The highest BCUT2D eigenvalue weighted by atomic mass is 32.2. The number of nitrogens with zero attached hydrogens (tertiary/aromatic N) is 6. The molecule has 10 rings (SSSR count). The number of amides is 1. The van der Waals surface area contributed by atoms with Crippen LogP contribution in [0.15, 0.2) is 113 Å². The molecule has 0 aliphatic carbocycles. The van der Waals surface area contributed by atoms with Gasteiger partial charge in [0, 0.05) is 132 Å². The van der Waals surface area contributed by atoms with Gasteiger partial charge in [0.05, 0.1) is 26.9 Å². The molecule has 0 bridgehead atoms. The summed E-state index contributed by atoms with van der Waals surface area (Å²) in [6.07, 6.45) is 5.12. The number of benzene rings is 4. The molecule has 16 heteroatoms. The zero-order valence-electron chi connectivity index (χ0n) is 34.5. The van der Waals surface area contributed by atoms with E-state index in [1.807, 2.05) is 48.5 Å². The van der Waals surface area contributed by atoms with Crippen molar-refractivity contribution in [3.05, 3.63) is 109 Å². The third-order valence-electron chi connectivity index (χ3n) is 12.4. The molecule has 1 amide bonds. The fraction of sp³-hybridized carbons (Fsp3) is 0.356. The van der Waals surface area contributed by atoms with Crippen molar-refractivity contribution in [1.29, 1.82) is 0 Å². The van der Waals surface area contributed by atoms with E-state index in [0.29, 0.717) is 28.9 Å². The van der Waals surface area contributed by atoms with Crippen LogP contribution in [0.25, 0.3) is 21.8 Å². The average Bonchev–Trinajstić information content (AvgIpc) is 4.12. The molecule has 1 atom stereocenters. The molecule has 61 heavy (non-hydrogen) atoms. The lowest BCUT2D eigenvalue weighted by atomic mass is 10.2. The third-order valence-corrected chi connectivity index (χ3v) is 15.7. The van der Waals surface area contributed by atoms with E-state index in [2.05, 4.69) is 37.5 Å². The van der Waals surface area contributed by atoms with E-state index in [1.54, 1.807) is 54.7 Å². The maximum absolute atomic E-state index is 13.6. The maximum atomic E-state index is 13.6. The first-order valence-electron chi connectivity index (χ1n) is 21.0. The van der Waals surface area contributed by atoms with Crippen LogP contribution in [0.1, 0.15) is 18.9 Å². The van der Waals surface area contributed by atoms with Gasteiger partial charge >= 0.3 is 0 Å². The van der Waals surface area contributed by atoms with Crippen molar-refractivity contribution < 1.29 is 26.4 Å². The van der Waals surface area contributed by atoms with Crippen LogP contribution < -0.4 is 30.2 Å². The topological polar surface area (TPSA) is 141 Å². The Morgan fingerprint density at radius 1 is 0.623 bits per heavy atom. The quantitative estimate of drug-likeness (QED) is 0.220. The van der Waals surface area contributed by atoms with Crippen molar-refractivity contribution in [2.75, 3.05) is 98.7 Å². The molecule has 4 aromatic carbocycles. The Bertz CT molecular complexity index is 2810. The summed E-state index contributed by atoms with van der Waals surface area (Å²) in [7, 11) is -5.74. The minimum absolute atomic E-state index is 0.0267. The number of nitrogens with one attached hydrogen (secondary N) is 2. The lowest BCUT2D eigenvalue weighted by Gasteiger charge is -2.30. The second kappa shape index (κ2) is 16.8. The number of aromatic nitrogens is 2. The van der Waals surface area contributed by atoms with Crippen molar-refractivity contribution in [2.24, 2.45) is 0 Å². The molecule has 14 nitrogen and oxygen atoms in total. The summed E-state index contributed by atoms with van der Waals surface area (Å²) in [5, 5.41) is 8.61. The SMILES string of the molecule is CC(=O)N1CCc2cc(S(=O)(=O)n3ccc4c(N5CCNCC5)cccc43)ccc21.COC1CCN(c2cccc(S(=O)(=O)n3ccc4c(N5CCNCC5)cccc43)c2)C1. The maximum Gasteiger partial charge on any atom is 0.268 e. The molecule has 3 saturated heterocycles. The number of rotatable bonds is 8. The molecule has 6 aromatic rings. The van der Waals surface area contributed by atoms with E-state index in [1.165, 1.54) is 14.9 Å². The van der Waals surface area contributed by atoms with Crippen molar-refractivity contribution in [3.63, 3.8) is 0 Å². The minimum atomic E-state index is -3.75. The average molecular weight is 865 g/mol. The van der Waals surface area contributed by atoms with Gasteiger partial charge in [-0.2, -0.15) is 0 Å². The highest BCUT2D eigenvalue weighted by molar-refractivity contribution is 7.90. The molecule has 1 unspecified atom stereocenters. The number of ether oxygens (including phenoxy) is 1. The molecule has 6 heterocycles. The fourth-order valence-electron chi connectivity index (χ4n) is 9.12. The van der Waals surface area contributed by atoms with Crippen LogP contribution in [0.4, 0.5) is 22.7 Å². The van der Waals surface area contributed by atoms with Crippen molar-refractivity contribution in [2.45, 2.75) is 35.7 Å². The largest absolute Gasteiger partial charge is 0.380 e. The van der Waals surface area contributed by atoms with Gasteiger partial charge in [0.25, 0.3) is 20.0 Å². The molecule has 2 aromatic heterocycles. The minimum Gasteiger partial charge on any atom is -0.380 e. The summed E-state index contributed by atoms with van der Waals surface area (Å²) in [4.78, 5) is 20.8. The number of methoxy groups -OCH3 is 1. The van der Waals surface area contributed by atoms with E-state index >= 15 is 0 Å². The van der Waals surface area contributed by atoms with Gasteiger partial charge in [-0.1, -0.05) is 18.2 Å². The Kier molecular flexibility index (Phi) is 11.3. The first-order chi connectivity index (χ1) is 29.5. The zero-order valence-corrected chi connectivity index (χ0v) is 36.2. The molecule has 0 spiro atoms. The number of hydrogen-bond acceptors (Lipinski definition) is 11. The first-order valence-corrected chi connectivity index (χ1v) is 23.8. The normalized spacial score (nSPS) is 18.4. The summed E-state index contributed by atoms with van der Waals surface area (Å²) in [5.74, 6) is -0.0267. The van der Waals surface area contributed by atoms with E-state index in [4.69, 9.17) is 4.74 Å². The summed E-state index contributed by atoms with van der Waals surface area (Å²) in [6, 6.07) is 27.8. The number of carbonyl (C=O) groups is 1. The van der Waals surface area contributed by atoms with Crippen molar-refractivity contribution in [1.82, 2.24) is 18.6 Å². The third kappa shape index (κ3) is 7.75. The van der Waals surface area contributed by atoms with Gasteiger partial charge in [-0.3, -0.25) is 4.79 Å². The number of carbonyl (C=O) groups excluding carboxylic acids is 1. The number of piperazine rings is 2. The standard InChI is InChI=1S/C23H28N4O3S.C22H24N4O3S/c1-30-19-8-12-26(17-19)18-4-2-5-20(16-18)31(28,29)27-13-9-21-22(6-3-7-23(21)27)25-14-10-24-11-15-25;1-16(27)25-11-7-17-15-18(5-6-20(17)25)30(28,29)26-12-8-19-21(3-2-4-22(19)26)24-13-9-23-10-14-24/h2-7,9,13,16,19,24H,8,10-12,14-15,17H2,1H3;2-6,8,12,15,23H,7,9-11,13-14H2,1H3. The molecule has 0 radical (unpaired) electrons. The fourth-order valence-corrected chi connectivity index (χ4v) is 11.9. The van der Waals surface area contributed by atoms with Crippen LogP contribution in [-0.2, 0) is 36.0 Å². The second-order valence-electron chi connectivity index (χ2n) is 15.9. The molecule has 320 valence electrons. The smallest absolute Gasteiger partial charge is 0.268 e. The molecule has 4 aliphatic heterocycles. The van der Waals surface area contributed by atoms with Crippen molar-refractivity contribution in [3.8, 4) is 0 Å². The predicted octanol–water partition coefficient (Wildman–Crippen LogP) is 4.71.